The van der Waals surface area contributed by atoms with Crippen LogP contribution in [0, 0.1) is 6.92 Å². The fraction of sp³-hybridized carbons (Fsp3) is 0.217. The van der Waals surface area contributed by atoms with Crippen molar-refractivity contribution in [2.24, 2.45) is 0 Å². The average Bonchev–Trinajstić information content (AvgIpc) is 3.44. The van der Waals surface area contributed by atoms with Crippen LogP contribution in [0.5, 0.6) is 0 Å². The number of carbonyl (C=O) groups is 1. The van der Waals surface area contributed by atoms with Crippen LogP contribution in [0.15, 0.2) is 58.3 Å². The van der Waals surface area contributed by atoms with Gasteiger partial charge in [0.2, 0.25) is 11.8 Å². The van der Waals surface area contributed by atoms with Gasteiger partial charge < -0.3 is 9.32 Å². The van der Waals surface area contributed by atoms with Gasteiger partial charge in [0.25, 0.3) is 5.91 Å². The molecule has 0 saturated carbocycles. The van der Waals surface area contributed by atoms with Crippen molar-refractivity contribution < 1.29 is 9.21 Å². The van der Waals surface area contributed by atoms with Gasteiger partial charge in [-0.25, -0.2) is 4.98 Å². The van der Waals surface area contributed by atoms with Crippen molar-refractivity contribution in [2.75, 3.05) is 6.54 Å². The molecule has 0 saturated heterocycles. The number of thiazole rings is 1. The Labute approximate surface area is 189 Å². The van der Waals surface area contributed by atoms with Gasteiger partial charge in [-0.2, -0.15) is 0 Å². The Bertz CT molecular complexity index is 1190. The van der Waals surface area contributed by atoms with Gasteiger partial charge in [-0.3, -0.25) is 4.79 Å². The molecule has 4 rings (SSSR count). The maximum Gasteiger partial charge on any atom is 0.273 e. The first kappa shape index (κ1) is 21.2. The molecule has 0 bridgehead atoms. The van der Waals surface area contributed by atoms with Crippen LogP contribution < -0.4 is 0 Å². The molecule has 0 aliphatic rings. The minimum atomic E-state index is -0.158. The zero-order valence-electron chi connectivity index (χ0n) is 17.2. The number of halogens is 1. The number of amides is 1. The summed E-state index contributed by atoms with van der Waals surface area (Å²) in [5, 5.41) is 11.3. The summed E-state index contributed by atoms with van der Waals surface area (Å²) in [4.78, 5) is 19.4. The van der Waals surface area contributed by atoms with Crippen molar-refractivity contribution in [1.82, 2.24) is 20.1 Å². The van der Waals surface area contributed by atoms with E-state index in [1.54, 1.807) is 16.3 Å². The Morgan fingerprint density at radius 1 is 1.13 bits per heavy atom. The molecule has 0 aliphatic carbocycles. The third-order valence-corrected chi connectivity index (χ3v) is 5.92. The van der Waals surface area contributed by atoms with Gasteiger partial charge in [0.15, 0.2) is 0 Å². The fourth-order valence-electron chi connectivity index (χ4n) is 3.11. The molecule has 2 aromatic carbocycles. The summed E-state index contributed by atoms with van der Waals surface area (Å²) in [6.45, 7) is 4.82. The molecule has 0 N–H and O–H groups in total. The van der Waals surface area contributed by atoms with Crippen LogP contribution in [-0.2, 0) is 6.54 Å². The first-order valence-electron chi connectivity index (χ1n) is 9.94. The second-order valence-electron chi connectivity index (χ2n) is 7.11. The van der Waals surface area contributed by atoms with Gasteiger partial charge in [-0.15, -0.1) is 21.5 Å². The van der Waals surface area contributed by atoms with Crippen molar-refractivity contribution in [2.45, 2.75) is 26.8 Å². The quantitative estimate of drug-likeness (QED) is 0.350. The average molecular weight is 453 g/mol. The van der Waals surface area contributed by atoms with Crippen molar-refractivity contribution >= 4 is 28.8 Å². The third kappa shape index (κ3) is 4.84. The number of nitrogens with zero attached hydrogens (tertiary/aromatic N) is 4. The minimum Gasteiger partial charge on any atom is -0.419 e. The molecular weight excluding hydrogens is 432 g/mol. The highest BCUT2D eigenvalue weighted by Crippen LogP contribution is 2.27. The first-order valence-corrected chi connectivity index (χ1v) is 11.2. The van der Waals surface area contributed by atoms with Crippen molar-refractivity contribution in [3.05, 3.63) is 76.1 Å². The van der Waals surface area contributed by atoms with E-state index in [1.165, 1.54) is 16.9 Å². The largest absolute Gasteiger partial charge is 0.419 e. The van der Waals surface area contributed by atoms with Gasteiger partial charge in [0.05, 0.1) is 17.1 Å². The van der Waals surface area contributed by atoms with Crippen LogP contribution in [-0.4, -0.2) is 32.5 Å². The number of hydrogen-bond donors (Lipinski definition) is 0. The van der Waals surface area contributed by atoms with Crippen molar-refractivity contribution in [3.8, 4) is 22.0 Å². The lowest BCUT2D eigenvalue weighted by atomic mass is 10.2. The molecule has 4 aromatic rings. The first-order chi connectivity index (χ1) is 15.0. The van der Waals surface area contributed by atoms with Gasteiger partial charge in [-0.1, -0.05) is 60.5 Å². The summed E-state index contributed by atoms with van der Waals surface area (Å²) in [5.41, 5.74) is 3.26. The Morgan fingerprint density at radius 2 is 1.90 bits per heavy atom. The molecule has 6 nitrogen and oxygen atoms in total. The number of rotatable bonds is 7. The zero-order chi connectivity index (χ0) is 21.8. The highest BCUT2D eigenvalue weighted by Gasteiger charge is 2.22. The minimum absolute atomic E-state index is 0.158. The molecule has 158 valence electrons. The summed E-state index contributed by atoms with van der Waals surface area (Å²) in [6, 6.07) is 15.4. The third-order valence-electron chi connectivity index (χ3n) is 4.70. The Morgan fingerprint density at radius 3 is 2.65 bits per heavy atom. The molecule has 0 unspecified atom stereocenters. The molecule has 31 heavy (non-hydrogen) atoms. The molecule has 0 radical (unpaired) electrons. The fourth-order valence-corrected chi connectivity index (χ4v) is 4.13. The predicted molar refractivity (Wildman–Crippen MR) is 122 cm³/mol. The molecule has 1 amide bonds. The molecule has 0 spiro atoms. The zero-order valence-corrected chi connectivity index (χ0v) is 18.8. The highest BCUT2D eigenvalue weighted by molar-refractivity contribution is 7.13. The number of carbonyl (C=O) groups excluding carboxylic acids is 1. The van der Waals surface area contributed by atoms with E-state index in [0.29, 0.717) is 34.6 Å². The van der Waals surface area contributed by atoms with E-state index < -0.39 is 0 Å². The Balaban J connectivity index is 1.52. The monoisotopic (exact) mass is 452 g/mol. The van der Waals surface area contributed by atoms with Gasteiger partial charge in [-0.05, 0) is 25.5 Å². The Kier molecular flexibility index (Phi) is 6.44. The SMILES string of the molecule is CCCN(Cc1nnc(-c2ccccc2Cl)o1)C(=O)c1csc(-c2ccc(C)cc2)n1. The van der Waals surface area contributed by atoms with E-state index in [0.717, 1.165) is 17.0 Å². The van der Waals surface area contributed by atoms with E-state index in [1.807, 2.05) is 56.3 Å². The lowest BCUT2D eigenvalue weighted by Crippen LogP contribution is -2.31. The molecule has 0 aliphatic heterocycles. The number of aryl methyl sites for hydroxylation is 1. The summed E-state index contributed by atoms with van der Waals surface area (Å²) in [5.74, 6) is 0.527. The lowest BCUT2D eigenvalue weighted by molar-refractivity contribution is 0.0723. The van der Waals surface area contributed by atoms with Crippen molar-refractivity contribution in [3.63, 3.8) is 0 Å². The van der Waals surface area contributed by atoms with Gasteiger partial charge >= 0.3 is 0 Å². The van der Waals surface area contributed by atoms with Gasteiger partial charge in [0.1, 0.15) is 10.7 Å². The number of benzene rings is 2. The van der Waals surface area contributed by atoms with Crippen LogP contribution in [0.3, 0.4) is 0 Å². The highest BCUT2D eigenvalue weighted by atomic mass is 35.5. The van der Waals surface area contributed by atoms with Crippen LogP contribution in [0.1, 0.15) is 35.3 Å². The summed E-state index contributed by atoms with van der Waals surface area (Å²) in [6.07, 6.45) is 0.798. The van der Waals surface area contributed by atoms with Crippen LogP contribution >= 0.6 is 22.9 Å². The predicted octanol–water partition coefficient (Wildman–Crippen LogP) is 5.87. The number of aromatic nitrogens is 3. The maximum atomic E-state index is 13.1. The number of hydrogen-bond acceptors (Lipinski definition) is 6. The molecule has 2 aromatic heterocycles. The smallest absolute Gasteiger partial charge is 0.273 e. The van der Waals surface area contributed by atoms with E-state index >= 15 is 0 Å². The Hall–Kier alpha value is -3.03. The molecule has 0 fully saturated rings. The topological polar surface area (TPSA) is 72.1 Å². The maximum absolute atomic E-state index is 13.1. The molecular formula is C23H21ClN4O2S. The summed E-state index contributed by atoms with van der Waals surface area (Å²) in [7, 11) is 0. The van der Waals surface area contributed by atoms with E-state index in [2.05, 4.69) is 15.2 Å². The summed E-state index contributed by atoms with van der Waals surface area (Å²) >= 11 is 7.67. The van der Waals surface area contributed by atoms with Crippen LogP contribution in [0.25, 0.3) is 22.0 Å². The van der Waals surface area contributed by atoms with E-state index in [-0.39, 0.29) is 12.5 Å². The molecule has 0 atom stereocenters. The standard InChI is InChI=1S/C23H21ClN4O2S/c1-3-12-28(13-20-26-27-21(30-20)17-6-4-5-7-18(17)24)23(29)19-14-31-22(25-19)16-10-8-15(2)9-11-16/h4-11,14H,3,12-13H2,1-2H3. The second-order valence-corrected chi connectivity index (χ2v) is 8.38. The summed E-state index contributed by atoms with van der Waals surface area (Å²) < 4.78 is 5.78. The van der Waals surface area contributed by atoms with E-state index in [4.69, 9.17) is 16.0 Å². The molecule has 8 heteroatoms. The molecule has 2 heterocycles. The van der Waals surface area contributed by atoms with Gasteiger partial charge in [0, 0.05) is 17.5 Å². The lowest BCUT2D eigenvalue weighted by Gasteiger charge is -2.19. The van der Waals surface area contributed by atoms with E-state index in [9.17, 15) is 4.79 Å². The van der Waals surface area contributed by atoms with Crippen molar-refractivity contribution in [1.29, 1.82) is 0 Å². The van der Waals surface area contributed by atoms with Crippen LogP contribution in [0.4, 0.5) is 0 Å². The van der Waals surface area contributed by atoms with Crippen LogP contribution in [0.2, 0.25) is 5.02 Å². The second kappa shape index (κ2) is 9.41. The normalized spacial score (nSPS) is 10.9.